The molecule has 0 heterocycles. The van der Waals surface area contributed by atoms with Crippen molar-refractivity contribution >= 4 is 21.7 Å². The topological polar surface area (TPSA) is 29.1 Å². The first-order chi connectivity index (χ1) is 8.74. The zero-order valence-electron chi connectivity index (χ0n) is 10.8. The Kier molecular flexibility index (Phi) is 3.35. The van der Waals surface area contributed by atoms with Gasteiger partial charge in [0, 0.05) is 24.1 Å². The van der Waals surface area contributed by atoms with Crippen molar-refractivity contribution in [2.75, 3.05) is 6.54 Å². The number of unbranched alkanes of at least 4 members (excludes halogenated alkanes) is 2. The molecule has 0 aromatic rings. The van der Waals surface area contributed by atoms with Crippen LogP contribution in [0.3, 0.4) is 0 Å². The SMILES string of the molecule is CCCCCNC1=C(Br)C(=O)C2C3C=CC(C3)C12. The van der Waals surface area contributed by atoms with Crippen molar-refractivity contribution in [1.82, 2.24) is 5.32 Å². The Morgan fingerprint density at radius 3 is 2.72 bits per heavy atom. The first-order valence-electron chi connectivity index (χ1n) is 7.10. The number of rotatable bonds is 5. The van der Waals surface area contributed by atoms with Crippen LogP contribution < -0.4 is 5.32 Å². The second-order valence-electron chi connectivity index (χ2n) is 5.73. The summed E-state index contributed by atoms with van der Waals surface area (Å²) in [6.45, 7) is 3.21. The lowest BCUT2D eigenvalue weighted by atomic mass is 9.84. The fraction of sp³-hybridized carbons (Fsp3) is 0.667. The Bertz CT molecular complexity index is 426. The van der Waals surface area contributed by atoms with Gasteiger partial charge < -0.3 is 5.32 Å². The predicted molar refractivity (Wildman–Crippen MR) is 76.2 cm³/mol. The first-order valence-corrected chi connectivity index (χ1v) is 7.89. The van der Waals surface area contributed by atoms with Crippen LogP contribution in [-0.2, 0) is 4.79 Å². The summed E-state index contributed by atoms with van der Waals surface area (Å²) in [5.74, 6) is 2.07. The second kappa shape index (κ2) is 4.84. The average molecular weight is 310 g/mol. The van der Waals surface area contributed by atoms with E-state index in [0.717, 1.165) is 11.0 Å². The summed E-state index contributed by atoms with van der Waals surface area (Å²) in [6, 6.07) is 0. The molecule has 1 saturated carbocycles. The zero-order valence-corrected chi connectivity index (χ0v) is 12.4. The molecule has 0 aromatic heterocycles. The maximum absolute atomic E-state index is 12.3. The molecule has 18 heavy (non-hydrogen) atoms. The van der Waals surface area contributed by atoms with Gasteiger partial charge in [-0.15, -0.1) is 0 Å². The molecule has 0 spiro atoms. The maximum atomic E-state index is 12.3. The molecule has 0 aromatic carbocycles. The molecular weight excluding hydrogens is 290 g/mol. The van der Waals surface area contributed by atoms with Crippen LogP contribution in [0.15, 0.2) is 22.3 Å². The van der Waals surface area contributed by atoms with Crippen LogP contribution in [0.2, 0.25) is 0 Å². The van der Waals surface area contributed by atoms with E-state index >= 15 is 0 Å². The van der Waals surface area contributed by atoms with E-state index in [1.807, 2.05) is 0 Å². The van der Waals surface area contributed by atoms with Gasteiger partial charge in [-0.1, -0.05) is 31.9 Å². The van der Waals surface area contributed by atoms with E-state index in [-0.39, 0.29) is 5.92 Å². The fourth-order valence-corrected chi connectivity index (χ4v) is 4.46. The van der Waals surface area contributed by atoms with Crippen molar-refractivity contribution < 1.29 is 4.79 Å². The third kappa shape index (κ3) is 1.78. The van der Waals surface area contributed by atoms with Crippen LogP contribution in [-0.4, -0.2) is 12.3 Å². The van der Waals surface area contributed by atoms with Gasteiger partial charge in [-0.2, -0.15) is 0 Å². The third-order valence-corrected chi connectivity index (χ3v) is 5.46. The number of allylic oxidation sites excluding steroid dienone is 4. The predicted octanol–water partition coefficient (Wildman–Crippen LogP) is 3.39. The van der Waals surface area contributed by atoms with Crippen molar-refractivity contribution in [2.24, 2.45) is 23.7 Å². The molecular formula is C15H20BrNO. The number of ketones is 1. The number of Topliss-reactive ketones (excluding diaryl/α,β-unsaturated/α-hetero) is 1. The summed E-state index contributed by atoms with van der Waals surface area (Å²) in [5, 5.41) is 3.53. The van der Waals surface area contributed by atoms with E-state index in [2.05, 4.69) is 40.3 Å². The molecule has 0 saturated heterocycles. The van der Waals surface area contributed by atoms with E-state index in [9.17, 15) is 4.79 Å². The van der Waals surface area contributed by atoms with Crippen molar-refractivity contribution in [1.29, 1.82) is 0 Å². The Hall–Kier alpha value is -0.570. The zero-order chi connectivity index (χ0) is 12.7. The van der Waals surface area contributed by atoms with Crippen LogP contribution in [0.4, 0.5) is 0 Å². The van der Waals surface area contributed by atoms with E-state index in [1.165, 1.54) is 31.4 Å². The summed E-state index contributed by atoms with van der Waals surface area (Å²) in [6.07, 6.45) is 9.44. The van der Waals surface area contributed by atoms with Gasteiger partial charge in [-0.05, 0) is 40.6 Å². The molecule has 0 aliphatic heterocycles. The van der Waals surface area contributed by atoms with Crippen LogP contribution in [0.1, 0.15) is 32.6 Å². The molecule has 2 nitrogen and oxygen atoms in total. The van der Waals surface area contributed by atoms with Gasteiger partial charge in [0.05, 0.1) is 4.48 Å². The Labute approximate surface area is 117 Å². The number of hydrogen-bond donors (Lipinski definition) is 1. The van der Waals surface area contributed by atoms with Gasteiger partial charge in [0.1, 0.15) is 0 Å². The minimum atomic E-state index is 0.225. The van der Waals surface area contributed by atoms with Gasteiger partial charge in [0.15, 0.2) is 5.78 Å². The van der Waals surface area contributed by atoms with Crippen LogP contribution >= 0.6 is 15.9 Å². The number of carbonyl (C=O) groups is 1. The molecule has 0 amide bonds. The number of fused-ring (bicyclic) bond motifs is 5. The number of nitrogens with one attached hydrogen (secondary N) is 1. The summed E-state index contributed by atoms with van der Waals surface area (Å²) in [7, 11) is 0. The van der Waals surface area contributed by atoms with Gasteiger partial charge in [-0.25, -0.2) is 0 Å². The number of halogens is 1. The molecule has 3 heteroatoms. The average Bonchev–Trinajstić information content (AvgIpc) is 3.02. The van der Waals surface area contributed by atoms with E-state index in [4.69, 9.17) is 0 Å². The highest BCUT2D eigenvalue weighted by molar-refractivity contribution is 9.12. The van der Waals surface area contributed by atoms with Crippen LogP contribution in [0.5, 0.6) is 0 Å². The highest BCUT2D eigenvalue weighted by Gasteiger charge is 2.54. The van der Waals surface area contributed by atoms with Crippen LogP contribution in [0.25, 0.3) is 0 Å². The van der Waals surface area contributed by atoms with Crippen molar-refractivity contribution in [2.45, 2.75) is 32.6 Å². The normalized spacial score (nSPS) is 36.7. The quantitative estimate of drug-likeness (QED) is 0.623. The molecule has 1 N–H and O–H groups in total. The summed E-state index contributed by atoms with van der Waals surface area (Å²) in [4.78, 5) is 12.3. The van der Waals surface area contributed by atoms with Crippen molar-refractivity contribution in [3.8, 4) is 0 Å². The maximum Gasteiger partial charge on any atom is 0.175 e. The second-order valence-corrected chi connectivity index (χ2v) is 6.52. The summed E-state index contributed by atoms with van der Waals surface area (Å²) < 4.78 is 0.826. The third-order valence-electron chi connectivity index (χ3n) is 4.64. The van der Waals surface area contributed by atoms with E-state index in [0.29, 0.717) is 23.5 Å². The molecule has 3 aliphatic rings. The van der Waals surface area contributed by atoms with Gasteiger partial charge in [-0.3, -0.25) is 4.79 Å². The Morgan fingerprint density at radius 2 is 2.00 bits per heavy atom. The molecule has 2 bridgehead atoms. The monoisotopic (exact) mass is 309 g/mol. The molecule has 4 atom stereocenters. The molecule has 98 valence electrons. The minimum Gasteiger partial charge on any atom is -0.387 e. The van der Waals surface area contributed by atoms with Gasteiger partial charge in [0.25, 0.3) is 0 Å². The lowest BCUT2D eigenvalue weighted by Gasteiger charge is -2.23. The van der Waals surface area contributed by atoms with Gasteiger partial charge >= 0.3 is 0 Å². The van der Waals surface area contributed by atoms with Gasteiger partial charge in [0.2, 0.25) is 0 Å². The molecule has 1 fully saturated rings. The van der Waals surface area contributed by atoms with E-state index in [1.54, 1.807) is 0 Å². The largest absolute Gasteiger partial charge is 0.387 e. The Balaban J connectivity index is 1.72. The lowest BCUT2D eigenvalue weighted by molar-refractivity contribution is -0.119. The van der Waals surface area contributed by atoms with Crippen LogP contribution in [0, 0.1) is 23.7 Å². The lowest BCUT2D eigenvalue weighted by Crippen LogP contribution is -2.26. The number of hydrogen-bond acceptors (Lipinski definition) is 2. The molecule has 3 rings (SSSR count). The van der Waals surface area contributed by atoms with E-state index < -0.39 is 0 Å². The first kappa shape index (κ1) is 12.5. The fourth-order valence-electron chi connectivity index (χ4n) is 3.79. The highest BCUT2D eigenvalue weighted by Crippen LogP contribution is 2.56. The molecule has 0 radical (unpaired) electrons. The summed E-state index contributed by atoms with van der Waals surface area (Å²) >= 11 is 3.52. The minimum absolute atomic E-state index is 0.225. The number of carbonyl (C=O) groups excluding carboxylic acids is 1. The molecule has 3 aliphatic carbocycles. The molecule has 4 unspecified atom stereocenters. The highest BCUT2D eigenvalue weighted by atomic mass is 79.9. The smallest absolute Gasteiger partial charge is 0.175 e. The Morgan fingerprint density at radius 1 is 1.28 bits per heavy atom. The van der Waals surface area contributed by atoms with Crippen molar-refractivity contribution in [3.05, 3.63) is 22.3 Å². The standard InChI is InChI=1S/C15H20BrNO/c1-2-3-4-7-17-14-11-9-5-6-10(8-9)12(11)15(18)13(14)16/h5-6,9-12,17H,2-4,7-8H2,1H3. The van der Waals surface area contributed by atoms with Crippen molar-refractivity contribution in [3.63, 3.8) is 0 Å². The summed E-state index contributed by atoms with van der Waals surface area (Å²) in [5.41, 5.74) is 1.19.